The van der Waals surface area contributed by atoms with Crippen LogP contribution in [0.15, 0.2) is 47.0 Å². The highest BCUT2D eigenvalue weighted by molar-refractivity contribution is 6.65. The number of fused-ring (bicyclic) bond motifs is 3. The summed E-state index contributed by atoms with van der Waals surface area (Å²) < 4.78 is 0. The van der Waals surface area contributed by atoms with Crippen LogP contribution in [0.1, 0.15) is 5.56 Å². The minimum atomic E-state index is -0.288. The third kappa shape index (κ3) is 1.05. The molecular formula is C13H7NO2. The topological polar surface area (TPSA) is 46.5 Å². The second kappa shape index (κ2) is 3.10. The van der Waals surface area contributed by atoms with E-state index in [1.807, 2.05) is 24.3 Å². The molecule has 0 radical (unpaired) electrons. The molecule has 1 aliphatic carbocycles. The number of rotatable bonds is 1. The van der Waals surface area contributed by atoms with Gasteiger partial charge in [0, 0.05) is 11.1 Å². The summed E-state index contributed by atoms with van der Waals surface area (Å²) in [6.45, 7) is 0. The number of carbonyl (C=O) groups is 2. The Hall–Kier alpha value is -2.29. The molecule has 1 heterocycles. The van der Waals surface area contributed by atoms with Crippen molar-refractivity contribution in [3.63, 3.8) is 0 Å². The van der Waals surface area contributed by atoms with Crippen molar-refractivity contribution in [2.75, 3.05) is 0 Å². The van der Waals surface area contributed by atoms with Gasteiger partial charge in [-0.3, -0.25) is 9.59 Å². The number of nitrogens with zero attached hydrogens (tertiary/aromatic N) is 1. The normalized spacial score (nSPS) is 17.0. The van der Waals surface area contributed by atoms with Gasteiger partial charge in [0.1, 0.15) is 5.71 Å². The lowest BCUT2D eigenvalue weighted by Crippen LogP contribution is -2.19. The van der Waals surface area contributed by atoms with E-state index in [4.69, 9.17) is 0 Å². The molecule has 0 unspecified atom stereocenters. The van der Waals surface area contributed by atoms with E-state index in [0.717, 1.165) is 16.8 Å². The van der Waals surface area contributed by atoms with Crippen molar-refractivity contribution in [3.8, 4) is 0 Å². The highest BCUT2D eigenvalue weighted by Crippen LogP contribution is 2.36. The first-order chi connectivity index (χ1) is 7.81. The van der Waals surface area contributed by atoms with E-state index in [0.29, 0.717) is 12.0 Å². The van der Waals surface area contributed by atoms with Gasteiger partial charge in [-0.15, -0.1) is 0 Å². The SMILES string of the molecule is O=CC1=CC=C2C(=Nc3ccccc32)C1=O. The number of aldehydes is 1. The summed E-state index contributed by atoms with van der Waals surface area (Å²) in [5.41, 5.74) is 3.09. The molecule has 16 heavy (non-hydrogen) atoms. The van der Waals surface area contributed by atoms with Gasteiger partial charge in [0.15, 0.2) is 6.29 Å². The molecule has 3 heteroatoms. The van der Waals surface area contributed by atoms with Crippen LogP contribution in [-0.4, -0.2) is 17.8 Å². The number of ketones is 1. The molecule has 76 valence electrons. The summed E-state index contributed by atoms with van der Waals surface area (Å²) in [6, 6.07) is 7.56. The first-order valence-electron chi connectivity index (χ1n) is 4.91. The van der Waals surface area contributed by atoms with Gasteiger partial charge in [-0.05, 0) is 12.1 Å². The Morgan fingerprint density at radius 3 is 2.75 bits per heavy atom. The fourth-order valence-corrected chi connectivity index (χ4v) is 1.93. The Morgan fingerprint density at radius 2 is 1.94 bits per heavy atom. The standard InChI is InChI=1S/C13H7NO2/c15-7-8-5-6-10-9-3-1-2-4-11(9)14-12(10)13(8)16/h1-7H. The lowest BCUT2D eigenvalue weighted by atomic mass is 9.92. The molecule has 0 bridgehead atoms. The molecule has 0 atom stereocenters. The van der Waals surface area contributed by atoms with Crippen LogP contribution < -0.4 is 0 Å². The van der Waals surface area contributed by atoms with E-state index in [-0.39, 0.29) is 11.4 Å². The number of allylic oxidation sites excluding steroid dienone is 4. The monoisotopic (exact) mass is 209 g/mol. The highest BCUT2D eigenvalue weighted by Gasteiger charge is 2.29. The molecule has 2 aliphatic rings. The van der Waals surface area contributed by atoms with E-state index < -0.39 is 0 Å². The Balaban J connectivity index is 2.23. The molecule has 0 amide bonds. The van der Waals surface area contributed by atoms with Crippen LogP contribution in [-0.2, 0) is 9.59 Å². The van der Waals surface area contributed by atoms with Gasteiger partial charge in [0.2, 0.25) is 5.78 Å². The third-order valence-corrected chi connectivity index (χ3v) is 2.72. The molecule has 3 nitrogen and oxygen atoms in total. The zero-order valence-electron chi connectivity index (χ0n) is 8.31. The maximum atomic E-state index is 11.8. The van der Waals surface area contributed by atoms with E-state index >= 15 is 0 Å². The molecule has 0 spiro atoms. The van der Waals surface area contributed by atoms with Crippen molar-refractivity contribution < 1.29 is 9.59 Å². The van der Waals surface area contributed by atoms with Crippen molar-refractivity contribution >= 4 is 29.0 Å². The van der Waals surface area contributed by atoms with Crippen molar-refractivity contribution in [2.24, 2.45) is 4.99 Å². The van der Waals surface area contributed by atoms with Crippen molar-refractivity contribution in [1.29, 1.82) is 0 Å². The summed E-state index contributed by atoms with van der Waals surface area (Å²) >= 11 is 0. The summed E-state index contributed by atoms with van der Waals surface area (Å²) in [7, 11) is 0. The fourth-order valence-electron chi connectivity index (χ4n) is 1.93. The second-order valence-electron chi connectivity index (χ2n) is 3.63. The predicted molar refractivity (Wildman–Crippen MR) is 60.7 cm³/mol. The number of para-hydroxylation sites is 1. The number of Topliss-reactive ketones (excluding diaryl/α,β-unsaturated/α-hetero) is 1. The molecule has 0 fully saturated rings. The first-order valence-corrected chi connectivity index (χ1v) is 4.91. The zero-order valence-corrected chi connectivity index (χ0v) is 8.31. The second-order valence-corrected chi connectivity index (χ2v) is 3.63. The quantitative estimate of drug-likeness (QED) is 0.402. The van der Waals surface area contributed by atoms with Gasteiger partial charge in [-0.2, -0.15) is 0 Å². The van der Waals surface area contributed by atoms with Gasteiger partial charge < -0.3 is 0 Å². The molecular weight excluding hydrogens is 202 g/mol. The van der Waals surface area contributed by atoms with E-state index in [1.54, 1.807) is 12.2 Å². The molecule has 1 aromatic rings. The third-order valence-electron chi connectivity index (χ3n) is 2.72. The molecule has 1 aliphatic heterocycles. The Morgan fingerprint density at radius 1 is 1.12 bits per heavy atom. The minimum absolute atomic E-state index is 0.162. The predicted octanol–water partition coefficient (Wildman–Crippen LogP) is 1.86. The maximum absolute atomic E-state index is 11.8. The van der Waals surface area contributed by atoms with Crippen LogP contribution in [0.5, 0.6) is 0 Å². The lowest BCUT2D eigenvalue weighted by molar-refractivity contribution is -0.112. The summed E-state index contributed by atoms with van der Waals surface area (Å²) in [4.78, 5) is 26.7. The van der Waals surface area contributed by atoms with E-state index in [1.165, 1.54) is 0 Å². The number of benzene rings is 1. The van der Waals surface area contributed by atoms with Crippen LogP contribution in [0.3, 0.4) is 0 Å². The maximum Gasteiger partial charge on any atom is 0.215 e. The summed E-state index contributed by atoms with van der Waals surface area (Å²) in [5, 5.41) is 0. The van der Waals surface area contributed by atoms with Crippen molar-refractivity contribution in [2.45, 2.75) is 0 Å². The smallest absolute Gasteiger partial charge is 0.215 e. The summed E-state index contributed by atoms with van der Waals surface area (Å²) in [6.07, 6.45) is 3.89. The number of hydrogen-bond donors (Lipinski definition) is 0. The van der Waals surface area contributed by atoms with E-state index in [9.17, 15) is 9.59 Å². The van der Waals surface area contributed by atoms with Gasteiger partial charge in [-0.25, -0.2) is 4.99 Å². The molecule has 1 aromatic carbocycles. The van der Waals surface area contributed by atoms with Crippen LogP contribution in [0.2, 0.25) is 0 Å². The van der Waals surface area contributed by atoms with Gasteiger partial charge in [-0.1, -0.05) is 24.3 Å². The zero-order chi connectivity index (χ0) is 11.1. The lowest BCUT2D eigenvalue weighted by Gasteiger charge is -2.07. The largest absolute Gasteiger partial charge is 0.298 e. The number of carbonyl (C=O) groups excluding carboxylic acids is 2. The number of aliphatic imine (C=N–C) groups is 1. The van der Waals surface area contributed by atoms with Gasteiger partial charge in [0.25, 0.3) is 0 Å². The Kier molecular flexibility index (Phi) is 1.74. The van der Waals surface area contributed by atoms with E-state index in [2.05, 4.69) is 4.99 Å². The van der Waals surface area contributed by atoms with Crippen molar-refractivity contribution in [3.05, 3.63) is 47.6 Å². The van der Waals surface area contributed by atoms with Crippen LogP contribution in [0, 0.1) is 0 Å². The molecule has 3 rings (SSSR count). The molecule has 0 saturated carbocycles. The molecule has 0 aromatic heterocycles. The summed E-state index contributed by atoms with van der Waals surface area (Å²) in [5.74, 6) is -0.288. The molecule has 0 saturated heterocycles. The number of hydrogen-bond acceptors (Lipinski definition) is 3. The van der Waals surface area contributed by atoms with Crippen molar-refractivity contribution in [1.82, 2.24) is 0 Å². The average Bonchev–Trinajstić information content (AvgIpc) is 2.69. The highest BCUT2D eigenvalue weighted by atomic mass is 16.1. The van der Waals surface area contributed by atoms with Gasteiger partial charge >= 0.3 is 0 Å². The minimum Gasteiger partial charge on any atom is -0.298 e. The fraction of sp³-hybridized carbons (Fsp3) is 0. The first kappa shape index (κ1) is 8.97. The van der Waals surface area contributed by atoms with Crippen LogP contribution in [0.25, 0.3) is 5.57 Å². The van der Waals surface area contributed by atoms with Gasteiger partial charge in [0.05, 0.1) is 11.3 Å². The average molecular weight is 209 g/mol. The molecule has 0 N–H and O–H groups in total. The Bertz CT molecular complexity index is 606. The van der Waals surface area contributed by atoms with Crippen LogP contribution >= 0.6 is 0 Å². The van der Waals surface area contributed by atoms with Crippen LogP contribution in [0.4, 0.5) is 5.69 Å². The Labute approximate surface area is 91.8 Å².